The van der Waals surface area contributed by atoms with Crippen LogP contribution in [0.2, 0.25) is 0 Å². The molecule has 1 heterocycles. The summed E-state index contributed by atoms with van der Waals surface area (Å²) in [5.74, 6) is 0. The van der Waals surface area contributed by atoms with Crippen LogP contribution in [0.3, 0.4) is 0 Å². The van der Waals surface area contributed by atoms with Gasteiger partial charge in [0.25, 0.3) is 0 Å². The maximum absolute atomic E-state index is 3.81. The number of hydrogen-bond donors (Lipinski definition) is 1. The zero-order valence-electron chi connectivity index (χ0n) is 9.84. The van der Waals surface area contributed by atoms with Gasteiger partial charge in [-0.2, -0.15) is 5.09 Å². The Balaban J connectivity index is 2.11. The highest BCUT2D eigenvalue weighted by molar-refractivity contribution is 7.88. The van der Waals surface area contributed by atoms with E-state index in [1.807, 2.05) is 0 Å². The SMILES string of the molecule is c1ccc([P+]2(c3ccccc3)CCCN2)cc1. The van der Waals surface area contributed by atoms with Crippen molar-refractivity contribution in [1.29, 1.82) is 0 Å². The molecule has 0 spiro atoms. The van der Waals surface area contributed by atoms with Gasteiger partial charge in [0, 0.05) is 6.54 Å². The minimum atomic E-state index is -1.30. The highest BCUT2D eigenvalue weighted by Crippen LogP contribution is 2.55. The molecule has 2 aromatic rings. The van der Waals surface area contributed by atoms with Crippen LogP contribution in [0.4, 0.5) is 0 Å². The molecule has 0 radical (unpaired) electrons. The molecular formula is C15H17NP+. The predicted octanol–water partition coefficient (Wildman–Crippen LogP) is 2.56. The third-order valence-corrected chi connectivity index (χ3v) is 7.56. The molecule has 0 bridgehead atoms. The molecule has 0 saturated carbocycles. The zero-order valence-corrected chi connectivity index (χ0v) is 10.7. The number of benzene rings is 2. The van der Waals surface area contributed by atoms with Crippen molar-refractivity contribution in [1.82, 2.24) is 5.09 Å². The second-order valence-corrected chi connectivity index (χ2v) is 7.88. The summed E-state index contributed by atoms with van der Waals surface area (Å²) in [6.45, 7) is 1.15. The molecule has 86 valence electrons. The Morgan fingerprint density at radius 2 is 1.29 bits per heavy atom. The van der Waals surface area contributed by atoms with E-state index in [1.165, 1.54) is 23.2 Å². The van der Waals surface area contributed by atoms with Crippen molar-refractivity contribution >= 4 is 18.0 Å². The van der Waals surface area contributed by atoms with E-state index in [1.54, 1.807) is 0 Å². The van der Waals surface area contributed by atoms with Crippen molar-refractivity contribution in [2.24, 2.45) is 0 Å². The number of rotatable bonds is 2. The van der Waals surface area contributed by atoms with Crippen LogP contribution in [-0.2, 0) is 0 Å². The van der Waals surface area contributed by atoms with Gasteiger partial charge in [0.2, 0.25) is 0 Å². The van der Waals surface area contributed by atoms with E-state index in [4.69, 9.17) is 0 Å². The molecule has 1 nitrogen and oxygen atoms in total. The Hall–Kier alpha value is -1.17. The standard InChI is InChI=1S/C15H17NP/c1-3-8-14(9-4-1)17(13-7-12-16-17)15-10-5-2-6-11-15/h1-6,8-11,16H,7,12-13H2/q+1. The van der Waals surface area contributed by atoms with E-state index >= 15 is 0 Å². The van der Waals surface area contributed by atoms with E-state index < -0.39 is 7.41 Å². The van der Waals surface area contributed by atoms with Gasteiger partial charge in [0.15, 0.2) is 0 Å². The summed E-state index contributed by atoms with van der Waals surface area (Å²) in [5, 5.41) is 6.79. The van der Waals surface area contributed by atoms with Gasteiger partial charge in [0.05, 0.1) is 6.16 Å². The molecule has 0 amide bonds. The molecule has 1 N–H and O–H groups in total. The molecule has 1 fully saturated rings. The number of hydrogen-bond acceptors (Lipinski definition) is 1. The van der Waals surface area contributed by atoms with Gasteiger partial charge in [-0.1, -0.05) is 36.4 Å². The Morgan fingerprint density at radius 3 is 1.71 bits per heavy atom. The van der Waals surface area contributed by atoms with Crippen molar-refractivity contribution < 1.29 is 0 Å². The summed E-state index contributed by atoms with van der Waals surface area (Å²) in [5.41, 5.74) is 0. The van der Waals surface area contributed by atoms with Crippen LogP contribution >= 0.6 is 7.41 Å². The van der Waals surface area contributed by atoms with Gasteiger partial charge >= 0.3 is 0 Å². The lowest BCUT2D eigenvalue weighted by molar-refractivity contribution is 0.938. The second-order valence-electron chi connectivity index (χ2n) is 4.47. The summed E-state index contributed by atoms with van der Waals surface area (Å²) in [6.07, 6.45) is 2.58. The minimum absolute atomic E-state index is 1.15. The quantitative estimate of drug-likeness (QED) is 0.798. The topological polar surface area (TPSA) is 12.0 Å². The van der Waals surface area contributed by atoms with Crippen LogP contribution < -0.4 is 15.7 Å². The zero-order chi connectivity index (χ0) is 11.6. The van der Waals surface area contributed by atoms with Crippen molar-refractivity contribution in [3.63, 3.8) is 0 Å². The molecule has 17 heavy (non-hydrogen) atoms. The lowest BCUT2D eigenvalue weighted by atomic mass is 10.4. The van der Waals surface area contributed by atoms with Gasteiger partial charge in [-0.05, 0) is 30.7 Å². The van der Waals surface area contributed by atoms with Gasteiger partial charge in [0.1, 0.15) is 18.0 Å². The highest BCUT2D eigenvalue weighted by Gasteiger charge is 2.45. The largest absolute Gasteiger partial charge is 0.183 e. The van der Waals surface area contributed by atoms with Gasteiger partial charge in [-0.3, -0.25) is 0 Å². The third kappa shape index (κ3) is 1.90. The average Bonchev–Trinajstić information content (AvgIpc) is 2.91. The van der Waals surface area contributed by atoms with Crippen LogP contribution in [0, 0.1) is 0 Å². The van der Waals surface area contributed by atoms with Crippen molar-refractivity contribution in [3.05, 3.63) is 60.7 Å². The first-order valence-electron chi connectivity index (χ1n) is 6.16. The summed E-state index contributed by atoms with van der Waals surface area (Å²) >= 11 is 0. The first-order valence-corrected chi connectivity index (χ1v) is 8.14. The highest BCUT2D eigenvalue weighted by atomic mass is 31.2. The molecule has 0 unspecified atom stereocenters. The van der Waals surface area contributed by atoms with E-state index in [2.05, 4.69) is 65.8 Å². The summed E-state index contributed by atoms with van der Waals surface area (Å²) in [7, 11) is -1.30. The van der Waals surface area contributed by atoms with E-state index in [-0.39, 0.29) is 0 Å². The smallest absolute Gasteiger partial charge is 0.145 e. The molecule has 1 saturated heterocycles. The Labute approximate surface area is 103 Å². The third-order valence-electron chi connectivity index (χ3n) is 3.45. The Bertz CT molecular complexity index is 433. The first kappa shape index (κ1) is 11.0. The van der Waals surface area contributed by atoms with Crippen molar-refractivity contribution in [2.45, 2.75) is 6.42 Å². The lowest BCUT2D eigenvalue weighted by Crippen LogP contribution is -2.30. The fourth-order valence-corrected chi connectivity index (χ4v) is 6.49. The molecule has 0 aliphatic carbocycles. The average molecular weight is 242 g/mol. The second kappa shape index (κ2) is 4.60. The number of nitrogens with one attached hydrogen (secondary N) is 1. The fourth-order valence-electron chi connectivity index (χ4n) is 2.62. The molecule has 0 aromatic heterocycles. The lowest BCUT2D eigenvalue weighted by Gasteiger charge is -2.21. The molecule has 0 atom stereocenters. The molecule has 2 aromatic carbocycles. The van der Waals surface area contributed by atoms with E-state index in [9.17, 15) is 0 Å². The fraction of sp³-hybridized carbons (Fsp3) is 0.200. The molecule has 3 rings (SSSR count). The van der Waals surface area contributed by atoms with Gasteiger partial charge < -0.3 is 0 Å². The van der Waals surface area contributed by atoms with Crippen LogP contribution in [-0.4, -0.2) is 12.7 Å². The summed E-state index contributed by atoms with van der Waals surface area (Å²) in [6, 6.07) is 21.9. The van der Waals surface area contributed by atoms with Gasteiger partial charge in [-0.15, -0.1) is 0 Å². The van der Waals surface area contributed by atoms with Crippen LogP contribution in [0.15, 0.2) is 60.7 Å². The van der Waals surface area contributed by atoms with Crippen molar-refractivity contribution in [3.8, 4) is 0 Å². The molecule has 1 aliphatic rings. The monoisotopic (exact) mass is 242 g/mol. The van der Waals surface area contributed by atoms with E-state index in [0.717, 1.165) is 6.54 Å². The van der Waals surface area contributed by atoms with Crippen LogP contribution in [0.25, 0.3) is 0 Å². The summed E-state index contributed by atoms with van der Waals surface area (Å²) < 4.78 is 0. The van der Waals surface area contributed by atoms with Gasteiger partial charge in [-0.25, -0.2) is 0 Å². The van der Waals surface area contributed by atoms with Crippen LogP contribution in [0.1, 0.15) is 6.42 Å². The first-order chi connectivity index (χ1) is 8.42. The Morgan fingerprint density at radius 1 is 0.765 bits per heavy atom. The summed E-state index contributed by atoms with van der Waals surface area (Å²) in [4.78, 5) is 0. The normalized spacial score (nSPS) is 18.1. The predicted molar refractivity (Wildman–Crippen MR) is 76.6 cm³/mol. The Kier molecular flexibility index (Phi) is 2.96. The molecular weight excluding hydrogens is 225 g/mol. The van der Waals surface area contributed by atoms with E-state index in [0.29, 0.717) is 0 Å². The maximum atomic E-state index is 3.81. The minimum Gasteiger partial charge on any atom is -0.183 e. The van der Waals surface area contributed by atoms with Crippen LogP contribution in [0.5, 0.6) is 0 Å². The molecule has 2 heteroatoms. The maximum Gasteiger partial charge on any atom is 0.145 e. The van der Waals surface area contributed by atoms with Crippen molar-refractivity contribution in [2.75, 3.05) is 12.7 Å². The molecule has 1 aliphatic heterocycles.